The van der Waals surface area contributed by atoms with Crippen LogP contribution < -0.4 is 4.74 Å². The van der Waals surface area contributed by atoms with Gasteiger partial charge in [0.2, 0.25) is 0 Å². The van der Waals surface area contributed by atoms with Gasteiger partial charge in [0.1, 0.15) is 5.75 Å². The highest BCUT2D eigenvalue weighted by Crippen LogP contribution is 2.30. The molecule has 4 rings (SSSR count). The summed E-state index contributed by atoms with van der Waals surface area (Å²) < 4.78 is 40.8. The molecule has 0 amide bonds. The van der Waals surface area contributed by atoms with Crippen molar-refractivity contribution in [2.75, 3.05) is 0 Å². The van der Waals surface area contributed by atoms with Gasteiger partial charge >= 0.3 is 6.36 Å². The molecule has 4 heteroatoms. The number of alkyl halides is 3. The van der Waals surface area contributed by atoms with Crippen LogP contribution in [0.2, 0.25) is 0 Å². The van der Waals surface area contributed by atoms with E-state index in [0.29, 0.717) is 0 Å². The van der Waals surface area contributed by atoms with E-state index in [1.165, 1.54) is 28.5 Å². The second kappa shape index (κ2) is 7.63. The first-order valence-electron chi connectivity index (χ1n) is 9.40. The molecule has 146 valence electrons. The maximum Gasteiger partial charge on any atom is 0.573 e. The predicted octanol–water partition coefficient (Wildman–Crippen LogP) is 7.63. The summed E-state index contributed by atoms with van der Waals surface area (Å²) in [7, 11) is 0. The smallest absolute Gasteiger partial charge is 0.406 e. The van der Waals surface area contributed by atoms with Crippen LogP contribution in [-0.4, -0.2) is 6.36 Å². The molecule has 1 nitrogen and oxygen atoms in total. The summed E-state index contributed by atoms with van der Waals surface area (Å²) >= 11 is 0. The first-order chi connectivity index (χ1) is 13.9. The molecule has 0 aromatic heterocycles. The molecule has 4 aromatic carbocycles. The van der Waals surface area contributed by atoms with Crippen molar-refractivity contribution in [1.82, 2.24) is 0 Å². The third-order valence-electron chi connectivity index (χ3n) is 4.95. The zero-order valence-corrected chi connectivity index (χ0v) is 15.8. The highest BCUT2D eigenvalue weighted by Gasteiger charge is 2.30. The van der Waals surface area contributed by atoms with Crippen molar-refractivity contribution >= 4 is 10.8 Å². The van der Waals surface area contributed by atoms with E-state index in [2.05, 4.69) is 48.1 Å². The molecule has 0 radical (unpaired) electrons. The summed E-state index contributed by atoms with van der Waals surface area (Å²) in [6, 6.07) is 26.8. The third kappa shape index (κ3) is 4.43. The quantitative estimate of drug-likeness (QED) is 0.347. The lowest BCUT2D eigenvalue weighted by Gasteiger charge is -2.10. The lowest BCUT2D eigenvalue weighted by molar-refractivity contribution is -0.274. The summed E-state index contributed by atoms with van der Waals surface area (Å²) in [5.74, 6) is -0.222. The van der Waals surface area contributed by atoms with Crippen LogP contribution in [-0.2, 0) is 6.42 Å². The summed E-state index contributed by atoms with van der Waals surface area (Å²) in [6.07, 6.45) is -3.66. The average Bonchev–Trinajstić information content (AvgIpc) is 2.72. The molecule has 0 saturated carbocycles. The van der Waals surface area contributed by atoms with Crippen LogP contribution in [0.3, 0.4) is 0 Å². The Morgan fingerprint density at radius 1 is 0.621 bits per heavy atom. The third-order valence-corrected chi connectivity index (χ3v) is 4.95. The maximum absolute atomic E-state index is 12.3. The van der Waals surface area contributed by atoms with Crippen LogP contribution in [0, 0.1) is 0 Å². The molecule has 0 spiro atoms. The molecule has 0 aliphatic carbocycles. The van der Waals surface area contributed by atoms with E-state index in [-0.39, 0.29) is 5.75 Å². The van der Waals surface area contributed by atoms with Gasteiger partial charge < -0.3 is 4.74 Å². The topological polar surface area (TPSA) is 9.23 Å². The number of ether oxygens (including phenoxy) is 1. The minimum Gasteiger partial charge on any atom is -0.406 e. The van der Waals surface area contributed by atoms with Gasteiger partial charge in [0, 0.05) is 0 Å². The number of halogens is 3. The molecular weight excluding hydrogens is 373 g/mol. The van der Waals surface area contributed by atoms with E-state index in [1.807, 2.05) is 24.3 Å². The maximum atomic E-state index is 12.3. The number of hydrogen-bond donors (Lipinski definition) is 0. The standard InChI is InChI=1S/C25H19F3O/c1-2-17-3-4-23-16-22(10-9-21(23)15-17)20-7-5-18(6-8-20)19-11-13-24(14-12-19)29-25(26,27)28/h3-16H,2H2,1H3. The highest BCUT2D eigenvalue weighted by molar-refractivity contribution is 5.88. The number of hydrogen-bond acceptors (Lipinski definition) is 1. The number of rotatable bonds is 4. The molecule has 4 aromatic rings. The van der Waals surface area contributed by atoms with Crippen LogP contribution in [0.4, 0.5) is 13.2 Å². The molecule has 0 aliphatic heterocycles. The molecule has 0 heterocycles. The molecular formula is C25H19F3O. The van der Waals surface area contributed by atoms with Crippen LogP contribution in [0.15, 0.2) is 84.9 Å². The minimum absolute atomic E-state index is 0.222. The Kier molecular flexibility index (Phi) is 5.01. The summed E-state index contributed by atoms with van der Waals surface area (Å²) in [6.45, 7) is 2.15. The molecule has 0 aliphatic rings. The van der Waals surface area contributed by atoms with Gasteiger partial charge in [0.15, 0.2) is 0 Å². The second-order valence-corrected chi connectivity index (χ2v) is 6.90. The first-order valence-corrected chi connectivity index (χ1v) is 9.40. The summed E-state index contributed by atoms with van der Waals surface area (Å²) in [4.78, 5) is 0. The van der Waals surface area contributed by atoms with Gasteiger partial charge in [0.25, 0.3) is 0 Å². The van der Waals surface area contributed by atoms with Crippen LogP contribution >= 0.6 is 0 Å². The number of aryl methyl sites for hydroxylation is 1. The molecule has 0 atom stereocenters. The first kappa shape index (κ1) is 19.1. The molecule has 0 saturated heterocycles. The minimum atomic E-state index is -4.68. The Hall–Kier alpha value is -3.27. The van der Waals surface area contributed by atoms with E-state index < -0.39 is 6.36 Å². The Morgan fingerprint density at radius 3 is 1.69 bits per heavy atom. The monoisotopic (exact) mass is 392 g/mol. The fourth-order valence-corrected chi connectivity index (χ4v) is 3.40. The Balaban J connectivity index is 1.57. The fraction of sp³-hybridized carbons (Fsp3) is 0.120. The van der Waals surface area contributed by atoms with Gasteiger partial charge in [-0.1, -0.05) is 73.7 Å². The highest BCUT2D eigenvalue weighted by atomic mass is 19.4. The van der Waals surface area contributed by atoms with Crippen molar-refractivity contribution in [1.29, 1.82) is 0 Å². The number of benzene rings is 4. The van der Waals surface area contributed by atoms with Gasteiger partial charge in [0.05, 0.1) is 0 Å². The van der Waals surface area contributed by atoms with E-state index >= 15 is 0 Å². The summed E-state index contributed by atoms with van der Waals surface area (Å²) in [5.41, 5.74) is 5.30. The summed E-state index contributed by atoms with van der Waals surface area (Å²) in [5, 5.41) is 2.43. The van der Waals surface area contributed by atoms with Crippen LogP contribution in [0.5, 0.6) is 5.75 Å². The van der Waals surface area contributed by atoms with E-state index in [4.69, 9.17) is 0 Å². The van der Waals surface area contributed by atoms with E-state index in [0.717, 1.165) is 28.7 Å². The Labute approximate surface area is 167 Å². The van der Waals surface area contributed by atoms with Crippen molar-refractivity contribution in [3.05, 3.63) is 90.5 Å². The average molecular weight is 392 g/mol. The van der Waals surface area contributed by atoms with Gasteiger partial charge in [-0.25, -0.2) is 0 Å². The molecule has 0 fully saturated rings. The molecule has 0 N–H and O–H groups in total. The van der Waals surface area contributed by atoms with Crippen molar-refractivity contribution in [3.63, 3.8) is 0 Å². The van der Waals surface area contributed by atoms with Gasteiger partial charge in [-0.05, 0) is 63.2 Å². The van der Waals surface area contributed by atoms with Crippen molar-refractivity contribution in [2.45, 2.75) is 19.7 Å². The molecule has 0 bridgehead atoms. The zero-order chi connectivity index (χ0) is 20.4. The Morgan fingerprint density at radius 2 is 1.10 bits per heavy atom. The van der Waals surface area contributed by atoms with Crippen LogP contribution in [0.1, 0.15) is 12.5 Å². The SMILES string of the molecule is CCc1ccc2cc(-c3ccc(-c4ccc(OC(F)(F)F)cc4)cc3)ccc2c1. The predicted molar refractivity (Wildman–Crippen MR) is 111 cm³/mol. The van der Waals surface area contributed by atoms with Gasteiger partial charge in [-0.2, -0.15) is 0 Å². The van der Waals surface area contributed by atoms with Crippen LogP contribution in [0.25, 0.3) is 33.0 Å². The lowest BCUT2D eigenvalue weighted by atomic mass is 9.97. The normalized spacial score (nSPS) is 11.6. The molecule has 29 heavy (non-hydrogen) atoms. The largest absolute Gasteiger partial charge is 0.573 e. The van der Waals surface area contributed by atoms with Crippen molar-refractivity contribution < 1.29 is 17.9 Å². The number of fused-ring (bicyclic) bond motifs is 1. The fourth-order valence-electron chi connectivity index (χ4n) is 3.40. The van der Waals surface area contributed by atoms with Crippen molar-refractivity contribution in [3.8, 4) is 28.0 Å². The molecule has 0 unspecified atom stereocenters. The van der Waals surface area contributed by atoms with Gasteiger partial charge in [-0.15, -0.1) is 13.2 Å². The second-order valence-electron chi connectivity index (χ2n) is 6.90. The van der Waals surface area contributed by atoms with E-state index in [1.54, 1.807) is 12.1 Å². The Bertz CT molecular complexity index is 1130. The van der Waals surface area contributed by atoms with Crippen molar-refractivity contribution in [2.24, 2.45) is 0 Å². The van der Waals surface area contributed by atoms with Gasteiger partial charge in [-0.3, -0.25) is 0 Å². The lowest BCUT2D eigenvalue weighted by Crippen LogP contribution is -2.16. The van der Waals surface area contributed by atoms with E-state index in [9.17, 15) is 13.2 Å². The zero-order valence-electron chi connectivity index (χ0n) is 15.8.